The van der Waals surface area contributed by atoms with Crippen LogP contribution >= 0.6 is 11.3 Å². The van der Waals surface area contributed by atoms with Gasteiger partial charge in [0, 0.05) is 0 Å². The smallest absolute Gasteiger partial charge is 0.306 e. The number of fused-ring (bicyclic) bond motifs is 1. The number of rotatable bonds is 2. The van der Waals surface area contributed by atoms with Gasteiger partial charge in [-0.2, -0.15) is 5.53 Å². The van der Waals surface area contributed by atoms with Crippen molar-refractivity contribution in [3.63, 3.8) is 0 Å². The van der Waals surface area contributed by atoms with Crippen LogP contribution in [0.5, 0.6) is 0 Å². The van der Waals surface area contributed by atoms with Crippen molar-refractivity contribution in [3.05, 3.63) is 14.5 Å². The van der Waals surface area contributed by atoms with Crippen molar-refractivity contribution in [2.75, 3.05) is 5.32 Å². The van der Waals surface area contributed by atoms with E-state index in [0.29, 0.717) is 0 Å². The Morgan fingerprint density at radius 1 is 1.60 bits per heavy atom. The number of carbonyl (C=O) groups is 1. The maximum absolute atomic E-state index is 11.6. The topological polar surface area (TPSA) is 139 Å². The van der Waals surface area contributed by atoms with E-state index >= 15 is 0 Å². The molecule has 1 amide bonds. The van der Waals surface area contributed by atoms with Crippen LogP contribution in [-0.2, 0) is 0 Å². The first-order valence-electron chi connectivity index (χ1n) is 3.83. The van der Waals surface area contributed by atoms with E-state index in [1.54, 1.807) is 0 Å². The number of hydrogen-bond donors (Lipinski definition) is 5. The Hall–Kier alpha value is -1.94. The molecule has 0 radical (unpaired) electrons. The van der Waals surface area contributed by atoms with E-state index in [9.17, 15) is 9.59 Å². The summed E-state index contributed by atoms with van der Waals surface area (Å²) < 4.78 is 0. The number of aromatic amines is 1. The number of H-pyrrole nitrogens is 1. The summed E-state index contributed by atoms with van der Waals surface area (Å²) in [5.41, 5.74) is 8.85. The molecule has 6 N–H and O–H groups in total. The fourth-order valence-corrected chi connectivity index (χ4v) is 1.92. The van der Waals surface area contributed by atoms with Crippen molar-refractivity contribution in [1.82, 2.24) is 15.4 Å². The predicted octanol–water partition coefficient (Wildman–Crippen LogP) is -1.00. The van der Waals surface area contributed by atoms with Crippen LogP contribution in [0.15, 0.2) is 10.0 Å². The lowest BCUT2D eigenvalue weighted by Gasteiger charge is -2.30. The molecule has 2 rings (SSSR count). The molecule has 0 spiro atoms. The summed E-state index contributed by atoms with van der Waals surface area (Å²) in [7, 11) is 0. The van der Waals surface area contributed by atoms with Crippen LogP contribution < -0.4 is 21.5 Å². The SMILES string of the molecule is N=NNC1Nc2[nH]c(=O)sc2C(=O)N1N. The molecule has 1 atom stereocenters. The molecule has 0 fully saturated rings. The van der Waals surface area contributed by atoms with Gasteiger partial charge < -0.3 is 5.32 Å². The molecule has 1 aromatic rings. The van der Waals surface area contributed by atoms with Crippen LogP contribution in [0.4, 0.5) is 5.82 Å². The Morgan fingerprint density at radius 3 is 3.00 bits per heavy atom. The summed E-state index contributed by atoms with van der Waals surface area (Å²) in [6.45, 7) is 0. The van der Waals surface area contributed by atoms with Gasteiger partial charge in [-0.25, -0.2) is 16.3 Å². The molecule has 0 aromatic carbocycles. The average Bonchev–Trinajstić information content (AvgIpc) is 2.56. The Morgan fingerprint density at radius 2 is 2.33 bits per heavy atom. The zero-order valence-corrected chi connectivity index (χ0v) is 8.09. The molecule has 10 heteroatoms. The third kappa shape index (κ3) is 1.45. The van der Waals surface area contributed by atoms with Crippen molar-refractivity contribution in [2.24, 2.45) is 11.1 Å². The lowest BCUT2D eigenvalue weighted by molar-refractivity contribution is 0.0654. The quantitative estimate of drug-likeness (QED) is 0.191. The summed E-state index contributed by atoms with van der Waals surface area (Å²) in [6.07, 6.45) is -0.840. The van der Waals surface area contributed by atoms with E-state index in [1.807, 2.05) is 0 Å². The molecular weight excluding hydrogens is 222 g/mol. The molecular formula is C5H7N7O2S. The number of nitrogens with two attached hydrogens (primary N) is 1. The second kappa shape index (κ2) is 3.33. The molecule has 0 saturated heterocycles. The van der Waals surface area contributed by atoms with Crippen LogP contribution in [0.3, 0.4) is 0 Å². The molecule has 15 heavy (non-hydrogen) atoms. The van der Waals surface area contributed by atoms with Crippen molar-refractivity contribution >= 4 is 23.1 Å². The molecule has 80 valence electrons. The fourth-order valence-electron chi connectivity index (χ4n) is 1.18. The summed E-state index contributed by atoms with van der Waals surface area (Å²) >= 11 is 0.772. The van der Waals surface area contributed by atoms with E-state index < -0.39 is 12.2 Å². The van der Waals surface area contributed by atoms with Gasteiger partial charge >= 0.3 is 4.87 Å². The normalized spacial score (nSPS) is 19.4. The third-order valence-electron chi connectivity index (χ3n) is 1.82. The second-order valence-electron chi connectivity index (χ2n) is 2.72. The molecule has 0 saturated carbocycles. The van der Waals surface area contributed by atoms with Crippen LogP contribution in [0.1, 0.15) is 9.67 Å². The molecule has 1 aliphatic rings. The highest BCUT2D eigenvalue weighted by atomic mass is 32.1. The zero-order valence-electron chi connectivity index (χ0n) is 7.27. The summed E-state index contributed by atoms with van der Waals surface area (Å²) in [6, 6.07) is 0. The summed E-state index contributed by atoms with van der Waals surface area (Å²) in [5.74, 6) is 5.22. The van der Waals surface area contributed by atoms with Gasteiger partial charge in [-0.3, -0.25) is 14.6 Å². The molecule has 1 aromatic heterocycles. The fraction of sp³-hybridized carbons (Fsp3) is 0.200. The number of nitrogens with one attached hydrogen (secondary N) is 4. The number of carbonyl (C=O) groups excluding carboxylic acids is 1. The Balaban J connectivity index is 2.40. The molecule has 1 aliphatic heterocycles. The Kier molecular flexibility index (Phi) is 2.13. The minimum absolute atomic E-state index is 0.213. The van der Waals surface area contributed by atoms with Crippen molar-refractivity contribution in [1.29, 1.82) is 5.53 Å². The zero-order chi connectivity index (χ0) is 11.0. The number of thiazole rings is 1. The number of nitrogens with zero attached hydrogens (tertiary/aromatic N) is 2. The second-order valence-corrected chi connectivity index (χ2v) is 3.70. The molecule has 9 nitrogen and oxygen atoms in total. The van der Waals surface area contributed by atoms with Crippen molar-refractivity contribution < 1.29 is 4.79 Å². The van der Waals surface area contributed by atoms with Crippen molar-refractivity contribution in [3.8, 4) is 0 Å². The number of anilines is 1. The molecule has 0 aliphatic carbocycles. The standard InChI is InChI=1S/C5H7N7O2S/c6-11-10-4-8-2-1(3(13)12(4)7)15-5(14)9-2/h4,8H,7H2,(H2,6,10)(H,9,14). The van der Waals surface area contributed by atoms with Gasteiger partial charge in [0.15, 0.2) is 0 Å². The van der Waals surface area contributed by atoms with Crippen LogP contribution in [0.25, 0.3) is 0 Å². The predicted molar refractivity (Wildman–Crippen MR) is 51.0 cm³/mol. The van der Waals surface area contributed by atoms with Gasteiger partial charge in [0.05, 0.1) is 0 Å². The Bertz CT molecular complexity index is 464. The monoisotopic (exact) mass is 229 g/mol. The van der Waals surface area contributed by atoms with Gasteiger partial charge in [-0.05, 0) is 0 Å². The highest BCUT2D eigenvalue weighted by molar-refractivity contribution is 7.12. The first-order valence-corrected chi connectivity index (χ1v) is 4.65. The minimum Gasteiger partial charge on any atom is -0.331 e. The lowest BCUT2D eigenvalue weighted by Crippen LogP contribution is -2.57. The first kappa shape index (κ1) is 9.61. The summed E-state index contributed by atoms with van der Waals surface area (Å²) in [4.78, 5) is 24.9. The van der Waals surface area contributed by atoms with Crippen LogP contribution in [-0.4, -0.2) is 22.2 Å². The number of aromatic nitrogens is 1. The maximum Gasteiger partial charge on any atom is 0.306 e. The van der Waals surface area contributed by atoms with Crippen molar-refractivity contribution in [2.45, 2.75) is 6.29 Å². The average molecular weight is 229 g/mol. The third-order valence-corrected chi connectivity index (χ3v) is 2.69. The van der Waals surface area contributed by atoms with E-state index in [-0.39, 0.29) is 15.6 Å². The Labute approximate surface area is 86.7 Å². The van der Waals surface area contributed by atoms with E-state index in [4.69, 9.17) is 11.4 Å². The lowest BCUT2D eigenvalue weighted by atomic mass is 10.4. The van der Waals surface area contributed by atoms with E-state index in [2.05, 4.69) is 20.9 Å². The largest absolute Gasteiger partial charge is 0.331 e. The van der Waals surface area contributed by atoms with Crippen LogP contribution in [0, 0.1) is 5.53 Å². The van der Waals surface area contributed by atoms with Crippen LogP contribution in [0.2, 0.25) is 0 Å². The summed E-state index contributed by atoms with van der Waals surface area (Å²) in [5, 5.41) is 6.43. The maximum atomic E-state index is 11.6. The van der Waals surface area contributed by atoms with Gasteiger partial charge in [0.2, 0.25) is 6.29 Å². The number of hydrogen-bond acceptors (Lipinski definition) is 7. The van der Waals surface area contributed by atoms with Gasteiger partial charge in [0.25, 0.3) is 5.91 Å². The number of amides is 1. The first-order chi connectivity index (χ1) is 7.13. The van der Waals surface area contributed by atoms with Gasteiger partial charge in [-0.1, -0.05) is 16.6 Å². The molecule has 0 bridgehead atoms. The van der Waals surface area contributed by atoms with Gasteiger partial charge in [-0.15, -0.1) is 0 Å². The van der Waals surface area contributed by atoms with E-state index in [1.165, 1.54) is 0 Å². The highest BCUT2D eigenvalue weighted by Crippen LogP contribution is 2.22. The minimum atomic E-state index is -0.840. The van der Waals surface area contributed by atoms with Gasteiger partial charge in [0.1, 0.15) is 10.7 Å². The van der Waals surface area contributed by atoms with E-state index in [0.717, 1.165) is 16.3 Å². The number of hydrazine groups is 1. The molecule has 2 heterocycles. The highest BCUT2D eigenvalue weighted by Gasteiger charge is 2.32. The molecule has 1 unspecified atom stereocenters.